The minimum absolute atomic E-state index is 0.142. The van der Waals surface area contributed by atoms with E-state index in [1.165, 1.54) is 25.3 Å². The number of benzene rings is 1. The highest BCUT2D eigenvalue weighted by molar-refractivity contribution is 5.61. The van der Waals surface area contributed by atoms with Crippen LogP contribution in [0.5, 0.6) is 0 Å². The summed E-state index contributed by atoms with van der Waals surface area (Å²) in [6, 6.07) is 6.91. The molecule has 0 atom stereocenters. The average molecular weight is 259 g/mol. The van der Waals surface area contributed by atoms with Crippen molar-refractivity contribution in [1.29, 1.82) is 5.26 Å². The number of methoxy groups -OCH3 is 1. The first-order valence-corrected chi connectivity index (χ1v) is 5.42. The molecule has 1 heterocycles. The number of H-pyrrole nitrogens is 1. The minimum atomic E-state index is -0.551. The second kappa shape index (κ2) is 5.42. The number of hydrogen-bond acceptors (Lipinski definition) is 4. The lowest BCUT2D eigenvalue weighted by Gasteiger charge is -2.04. The summed E-state index contributed by atoms with van der Waals surface area (Å²) in [6.07, 6.45) is 0. The van der Waals surface area contributed by atoms with Gasteiger partial charge in [-0.15, -0.1) is 0 Å². The van der Waals surface area contributed by atoms with Gasteiger partial charge in [0.1, 0.15) is 18.2 Å². The molecule has 1 N–H and O–H groups in total. The van der Waals surface area contributed by atoms with Crippen molar-refractivity contribution in [3.8, 4) is 17.3 Å². The zero-order chi connectivity index (χ0) is 13.8. The molecule has 0 spiro atoms. The molecule has 0 aliphatic carbocycles. The number of ether oxygens (including phenoxy) is 1. The maximum atomic E-state index is 13.4. The Morgan fingerprint density at radius 1 is 1.42 bits per heavy atom. The summed E-state index contributed by atoms with van der Waals surface area (Å²) in [5.74, 6) is -0.211. The van der Waals surface area contributed by atoms with E-state index in [2.05, 4.69) is 9.97 Å². The summed E-state index contributed by atoms with van der Waals surface area (Å²) < 4.78 is 18.2. The van der Waals surface area contributed by atoms with Crippen molar-refractivity contribution in [1.82, 2.24) is 9.97 Å². The van der Waals surface area contributed by atoms with E-state index in [9.17, 15) is 9.18 Å². The number of aromatic amines is 1. The Balaban J connectivity index is 2.55. The molecule has 0 saturated carbocycles. The summed E-state index contributed by atoms with van der Waals surface area (Å²) in [4.78, 5) is 18.2. The van der Waals surface area contributed by atoms with E-state index in [4.69, 9.17) is 10.00 Å². The molecule has 6 heteroatoms. The van der Waals surface area contributed by atoms with Gasteiger partial charge in [0.25, 0.3) is 5.56 Å². The lowest BCUT2D eigenvalue weighted by Crippen LogP contribution is -2.11. The van der Waals surface area contributed by atoms with Crippen LogP contribution < -0.4 is 5.56 Å². The van der Waals surface area contributed by atoms with Crippen LogP contribution in [0.2, 0.25) is 0 Å². The molecule has 0 fully saturated rings. The van der Waals surface area contributed by atoms with Crippen LogP contribution in [0.15, 0.2) is 29.1 Å². The number of rotatable bonds is 3. The molecular formula is C13H10FN3O2. The van der Waals surface area contributed by atoms with E-state index in [0.717, 1.165) is 6.07 Å². The van der Waals surface area contributed by atoms with E-state index >= 15 is 0 Å². The Labute approximate surface area is 108 Å². The molecule has 19 heavy (non-hydrogen) atoms. The van der Waals surface area contributed by atoms with Crippen molar-refractivity contribution in [2.45, 2.75) is 6.61 Å². The third-order valence-electron chi connectivity index (χ3n) is 2.39. The van der Waals surface area contributed by atoms with Crippen molar-refractivity contribution in [3.63, 3.8) is 0 Å². The van der Waals surface area contributed by atoms with Crippen molar-refractivity contribution < 1.29 is 9.13 Å². The average Bonchev–Trinajstić information content (AvgIpc) is 2.37. The number of halogens is 1. The van der Waals surface area contributed by atoms with Gasteiger partial charge in [-0.2, -0.15) is 5.26 Å². The zero-order valence-corrected chi connectivity index (χ0v) is 10.1. The summed E-state index contributed by atoms with van der Waals surface area (Å²) >= 11 is 0. The fourth-order valence-electron chi connectivity index (χ4n) is 1.66. The van der Waals surface area contributed by atoms with Crippen LogP contribution in [0, 0.1) is 17.1 Å². The number of aromatic nitrogens is 2. The monoisotopic (exact) mass is 259 g/mol. The van der Waals surface area contributed by atoms with E-state index in [1.54, 1.807) is 0 Å². The van der Waals surface area contributed by atoms with Gasteiger partial charge in [-0.1, -0.05) is 0 Å². The maximum absolute atomic E-state index is 13.4. The van der Waals surface area contributed by atoms with Crippen LogP contribution in [0.3, 0.4) is 0 Å². The topological polar surface area (TPSA) is 78.8 Å². The predicted molar refractivity (Wildman–Crippen MR) is 65.7 cm³/mol. The van der Waals surface area contributed by atoms with Gasteiger partial charge in [-0.3, -0.25) is 4.79 Å². The quantitative estimate of drug-likeness (QED) is 0.907. The normalized spacial score (nSPS) is 10.2. The highest BCUT2D eigenvalue weighted by Crippen LogP contribution is 2.19. The molecule has 0 bridgehead atoms. The largest absolute Gasteiger partial charge is 0.377 e. The van der Waals surface area contributed by atoms with Gasteiger partial charge in [0, 0.05) is 18.7 Å². The lowest BCUT2D eigenvalue weighted by molar-refractivity contribution is 0.177. The van der Waals surface area contributed by atoms with Crippen LogP contribution in [0.4, 0.5) is 4.39 Å². The molecule has 0 unspecified atom stereocenters. The van der Waals surface area contributed by atoms with Gasteiger partial charge in [0.15, 0.2) is 0 Å². The van der Waals surface area contributed by atoms with Crippen molar-refractivity contribution in [2.75, 3.05) is 7.11 Å². The second-order valence-electron chi connectivity index (χ2n) is 3.85. The molecular weight excluding hydrogens is 249 g/mol. The van der Waals surface area contributed by atoms with Crippen molar-refractivity contribution >= 4 is 0 Å². The summed E-state index contributed by atoms with van der Waals surface area (Å²) in [5.41, 5.74) is 0.483. The first-order valence-electron chi connectivity index (χ1n) is 5.42. The fourth-order valence-corrected chi connectivity index (χ4v) is 1.66. The number of hydrogen-bond donors (Lipinski definition) is 1. The highest BCUT2D eigenvalue weighted by Gasteiger charge is 2.07. The Morgan fingerprint density at radius 3 is 2.89 bits per heavy atom. The van der Waals surface area contributed by atoms with Gasteiger partial charge < -0.3 is 9.72 Å². The molecule has 0 aliphatic heterocycles. The van der Waals surface area contributed by atoms with Crippen LogP contribution in [-0.4, -0.2) is 17.1 Å². The molecule has 0 amide bonds. The van der Waals surface area contributed by atoms with E-state index in [0.29, 0.717) is 17.1 Å². The SMILES string of the molecule is COCc1nc(-c2cc(F)cc(C#N)c2)cc(=O)[nH]1. The standard InChI is InChI=1S/C13H10FN3O2/c1-19-7-12-16-11(5-13(18)17-12)9-2-8(6-15)3-10(14)4-9/h2-5H,7H2,1H3,(H,16,17,18). The molecule has 5 nitrogen and oxygen atoms in total. The number of nitrogens with zero attached hydrogens (tertiary/aromatic N) is 2. The summed E-state index contributed by atoms with van der Waals surface area (Å²) in [7, 11) is 1.47. The van der Waals surface area contributed by atoms with Gasteiger partial charge in [0.2, 0.25) is 0 Å². The summed E-state index contributed by atoms with van der Waals surface area (Å²) in [6.45, 7) is 0.142. The second-order valence-corrected chi connectivity index (χ2v) is 3.85. The Kier molecular flexibility index (Phi) is 3.68. The molecule has 0 saturated heterocycles. The smallest absolute Gasteiger partial charge is 0.251 e. The third-order valence-corrected chi connectivity index (χ3v) is 2.39. The van der Waals surface area contributed by atoms with Crippen LogP contribution in [0.25, 0.3) is 11.3 Å². The van der Waals surface area contributed by atoms with Crippen LogP contribution in [-0.2, 0) is 11.3 Å². The van der Waals surface area contributed by atoms with Crippen LogP contribution >= 0.6 is 0 Å². The maximum Gasteiger partial charge on any atom is 0.251 e. The Morgan fingerprint density at radius 2 is 2.21 bits per heavy atom. The molecule has 1 aromatic heterocycles. The molecule has 1 aromatic carbocycles. The fraction of sp³-hybridized carbons (Fsp3) is 0.154. The molecule has 2 rings (SSSR count). The number of nitrogens with one attached hydrogen (secondary N) is 1. The zero-order valence-electron chi connectivity index (χ0n) is 10.1. The highest BCUT2D eigenvalue weighted by atomic mass is 19.1. The van der Waals surface area contributed by atoms with Gasteiger partial charge >= 0.3 is 0 Å². The van der Waals surface area contributed by atoms with Crippen LogP contribution in [0.1, 0.15) is 11.4 Å². The van der Waals surface area contributed by atoms with E-state index in [-0.39, 0.29) is 17.7 Å². The molecule has 96 valence electrons. The first-order chi connectivity index (χ1) is 9.12. The van der Waals surface area contributed by atoms with Crippen molar-refractivity contribution in [2.24, 2.45) is 0 Å². The lowest BCUT2D eigenvalue weighted by atomic mass is 10.1. The molecule has 0 radical (unpaired) electrons. The van der Waals surface area contributed by atoms with Gasteiger partial charge in [-0.25, -0.2) is 9.37 Å². The van der Waals surface area contributed by atoms with Gasteiger partial charge in [0.05, 0.1) is 17.3 Å². The Bertz CT molecular complexity index is 704. The first kappa shape index (κ1) is 12.9. The predicted octanol–water partition coefficient (Wildman–Crippen LogP) is 1.59. The van der Waals surface area contributed by atoms with Gasteiger partial charge in [-0.05, 0) is 18.2 Å². The third kappa shape index (κ3) is 3.03. The molecule has 2 aromatic rings. The van der Waals surface area contributed by atoms with Crippen molar-refractivity contribution in [3.05, 3.63) is 51.8 Å². The molecule has 0 aliphatic rings. The number of nitriles is 1. The van der Waals surface area contributed by atoms with E-state index in [1.807, 2.05) is 6.07 Å². The van der Waals surface area contributed by atoms with E-state index < -0.39 is 5.82 Å². The Hall–Kier alpha value is -2.52. The summed E-state index contributed by atoms with van der Waals surface area (Å²) in [5, 5.41) is 8.80. The minimum Gasteiger partial charge on any atom is -0.377 e.